The number of fused-ring (bicyclic) bond motifs is 1. The summed E-state index contributed by atoms with van der Waals surface area (Å²) in [7, 11) is 1.70. The maximum absolute atomic E-state index is 14.3. The van der Waals surface area contributed by atoms with Gasteiger partial charge in [-0.05, 0) is 39.5 Å². The number of hydrogen-bond donors (Lipinski definition) is 1. The highest BCUT2D eigenvalue weighted by Gasteiger charge is 2.78. The summed E-state index contributed by atoms with van der Waals surface area (Å²) < 4.78 is 6.68. The predicted octanol–water partition coefficient (Wildman–Crippen LogP) is 2.37. The molecule has 3 rings (SSSR count). The molecule has 35 heavy (non-hydrogen) atoms. The molecule has 0 radical (unpaired) electrons. The summed E-state index contributed by atoms with van der Waals surface area (Å²) in [4.78, 5) is 46.9. The van der Waals surface area contributed by atoms with Gasteiger partial charge < -0.3 is 24.5 Å². The molecular formula is C27H43N3O5. The van der Waals surface area contributed by atoms with E-state index in [2.05, 4.69) is 20.1 Å². The van der Waals surface area contributed by atoms with Gasteiger partial charge in [0.2, 0.25) is 17.7 Å². The fraction of sp³-hybridized carbons (Fsp3) is 0.741. The number of likely N-dealkylation sites (N-methyl/N-ethyl adjacent to an activating group) is 1. The average molecular weight is 490 g/mol. The maximum Gasteiger partial charge on any atom is 0.248 e. The summed E-state index contributed by atoms with van der Waals surface area (Å²) in [6.45, 7) is 15.9. The molecule has 8 heteroatoms. The van der Waals surface area contributed by atoms with Gasteiger partial charge in [-0.25, -0.2) is 0 Å². The van der Waals surface area contributed by atoms with Crippen LogP contribution in [-0.4, -0.2) is 93.6 Å². The van der Waals surface area contributed by atoms with Gasteiger partial charge in [0.15, 0.2) is 0 Å². The van der Waals surface area contributed by atoms with Crippen LogP contribution in [0.3, 0.4) is 0 Å². The van der Waals surface area contributed by atoms with Crippen molar-refractivity contribution in [2.75, 3.05) is 26.7 Å². The van der Waals surface area contributed by atoms with Crippen molar-refractivity contribution in [1.82, 2.24) is 14.7 Å². The van der Waals surface area contributed by atoms with Gasteiger partial charge in [-0.3, -0.25) is 14.4 Å². The first-order chi connectivity index (χ1) is 16.6. The van der Waals surface area contributed by atoms with E-state index < -0.39 is 35.1 Å². The molecule has 3 heterocycles. The molecule has 3 fully saturated rings. The zero-order chi connectivity index (χ0) is 26.1. The normalized spacial score (nSPS) is 32.8. The van der Waals surface area contributed by atoms with E-state index >= 15 is 0 Å². The van der Waals surface area contributed by atoms with Crippen LogP contribution in [0.4, 0.5) is 0 Å². The molecule has 0 aliphatic carbocycles. The Kier molecular flexibility index (Phi) is 8.16. The number of ether oxygens (including phenoxy) is 1. The van der Waals surface area contributed by atoms with Crippen LogP contribution in [0, 0.1) is 11.8 Å². The minimum Gasteiger partial charge on any atom is -0.394 e. The average Bonchev–Trinajstić information content (AvgIpc) is 3.39. The molecule has 3 aliphatic rings. The van der Waals surface area contributed by atoms with E-state index in [-0.39, 0.29) is 30.4 Å². The molecule has 7 atom stereocenters. The lowest BCUT2D eigenvalue weighted by atomic mass is 9.66. The highest BCUT2D eigenvalue weighted by molar-refractivity contribution is 5.99. The maximum atomic E-state index is 14.3. The Bertz CT molecular complexity index is 858. The van der Waals surface area contributed by atoms with E-state index in [0.717, 1.165) is 12.8 Å². The number of likely N-dealkylation sites (tertiary alicyclic amines) is 1. The third-order valence-corrected chi connectivity index (χ3v) is 8.42. The van der Waals surface area contributed by atoms with Crippen LogP contribution in [-0.2, 0) is 19.1 Å². The molecule has 0 aromatic heterocycles. The number of carbonyl (C=O) groups is 3. The van der Waals surface area contributed by atoms with Gasteiger partial charge in [0.05, 0.1) is 30.1 Å². The topological polar surface area (TPSA) is 90.4 Å². The molecule has 3 saturated heterocycles. The largest absolute Gasteiger partial charge is 0.394 e. The fourth-order valence-electron chi connectivity index (χ4n) is 6.70. The first-order valence-electron chi connectivity index (χ1n) is 13.0. The van der Waals surface area contributed by atoms with Crippen molar-refractivity contribution in [3.05, 3.63) is 25.3 Å². The number of hydrogen-bond acceptors (Lipinski definition) is 5. The van der Waals surface area contributed by atoms with Crippen LogP contribution in [0.25, 0.3) is 0 Å². The lowest BCUT2D eigenvalue weighted by Crippen LogP contribution is -2.60. The quantitative estimate of drug-likeness (QED) is 0.425. The van der Waals surface area contributed by atoms with Gasteiger partial charge in [0.1, 0.15) is 11.6 Å². The minimum absolute atomic E-state index is 0.0440. The molecule has 0 aromatic carbocycles. The van der Waals surface area contributed by atoms with Crippen molar-refractivity contribution in [3.63, 3.8) is 0 Å². The Morgan fingerprint density at radius 3 is 2.43 bits per heavy atom. The zero-order valence-corrected chi connectivity index (χ0v) is 22.0. The van der Waals surface area contributed by atoms with E-state index in [9.17, 15) is 19.5 Å². The highest BCUT2D eigenvalue weighted by Crippen LogP contribution is 2.63. The summed E-state index contributed by atoms with van der Waals surface area (Å²) in [5.41, 5.74) is -1.91. The first-order valence-corrected chi connectivity index (χ1v) is 13.0. The van der Waals surface area contributed by atoms with Gasteiger partial charge in [-0.15, -0.1) is 13.2 Å². The van der Waals surface area contributed by atoms with Crippen LogP contribution in [0.1, 0.15) is 59.8 Å². The number of aliphatic hydroxyl groups is 1. The van der Waals surface area contributed by atoms with Crippen LogP contribution in [0.15, 0.2) is 25.3 Å². The Labute approximate surface area is 210 Å². The highest BCUT2D eigenvalue weighted by atomic mass is 16.5. The molecule has 196 valence electrons. The summed E-state index contributed by atoms with van der Waals surface area (Å²) >= 11 is 0. The van der Waals surface area contributed by atoms with Crippen molar-refractivity contribution < 1.29 is 24.2 Å². The number of amides is 3. The van der Waals surface area contributed by atoms with Crippen molar-refractivity contribution in [1.29, 1.82) is 0 Å². The Hall–Kier alpha value is -2.19. The number of carbonyl (C=O) groups excluding carboxylic acids is 3. The monoisotopic (exact) mass is 489 g/mol. The standard InChI is InChI=1S/C27H43N3O5/c1-8-12-18(5)29(16-10-3)25(34)22-27-14-13-26(6,35-27)20(23(32)28(7)15-9-2)21(27)24(33)30(22)19(11-4)17-31/h9-10,18-22,31H,2-3,8,11-17H2,1,4-7H3/t18?,19-,20+,21-,22?,26-,27?/m0/s1. The van der Waals surface area contributed by atoms with Gasteiger partial charge in [0, 0.05) is 26.2 Å². The van der Waals surface area contributed by atoms with Crippen LogP contribution in [0.5, 0.6) is 0 Å². The smallest absolute Gasteiger partial charge is 0.248 e. The van der Waals surface area contributed by atoms with Gasteiger partial charge in [-0.1, -0.05) is 32.4 Å². The van der Waals surface area contributed by atoms with Gasteiger partial charge in [-0.2, -0.15) is 0 Å². The molecular weight excluding hydrogens is 446 g/mol. The van der Waals surface area contributed by atoms with Crippen molar-refractivity contribution in [2.45, 2.75) is 89.1 Å². The lowest BCUT2D eigenvalue weighted by molar-refractivity contribution is -0.157. The Morgan fingerprint density at radius 1 is 1.23 bits per heavy atom. The van der Waals surface area contributed by atoms with E-state index in [1.165, 1.54) is 0 Å². The zero-order valence-electron chi connectivity index (χ0n) is 22.0. The molecule has 1 spiro atoms. The molecule has 2 bridgehead atoms. The summed E-state index contributed by atoms with van der Waals surface area (Å²) in [6, 6.07) is -1.46. The number of rotatable bonds is 12. The molecule has 8 nitrogen and oxygen atoms in total. The van der Waals surface area contributed by atoms with E-state index in [1.54, 1.807) is 33.9 Å². The van der Waals surface area contributed by atoms with Crippen LogP contribution < -0.4 is 0 Å². The third kappa shape index (κ3) is 4.22. The van der Waals surface area contributed by atoms with Crippen molar-refractivity contribution >= 4 is 17.7 Å². The van der Waals surface area contributed by atoms with Crippen molar-refractivity contribution in [2.24, 2.45) is 11.8 Å². The van der Waals surface area contributed by atoms with Gasteiger partial charge >= 0.3 is 0 Å². The molecule has 1 N–H and O–H groups in total. The van der Waals surface area contributed by atoms with E-state index in [0.29, 0.717) is 32.4 Å². The Balaban J connectivity index is 2.13. The Morgan fingerprint density at radius 2 is 1.89 bits per heavy atom. The summed E-state index contributed by atoms with van der Waals surface area (Å²) in [6.07, 6.45) is 6.70. The lowest BCUT2D eigenvalue weighted by Gasteiger charge is -2.41. The second-order valence-corrected chi connectivity index (χ2v) is 10.6. The SMILES string of the molecule is C=CCN(C)C(=O)[C@H]1[C@H]2C(=O)N([C@@H](CC)CO)C(C(=O)N(CC=C)C(C)CCC)C23CC[C@]1(C)O3. The molecule has 3 unspecified atom stereocenters. The number of aliphatic hydroxyl groups excluding tert-OH is 1. The fourth-order valence-corrected chi connectivity index (χ4v) is 6.70. The predicted molar refractivity (Wildman–Crippen MR) is 134 cm³/mol. The third-order valence-electron chi connectivity index (χ3n) is 8.42. The second kappa shape index (κ2) is 10.4. The van der Waals surface area contributed by atoms with E-state index in [1.807, 2.05) is 20.8 Å². The molecule has 3 amide bonds. The van der Waals surface area contributed by atoms with Crippen molar-refractivity contribution in [3.8, 4) is 0 Å². The molecule has 0 aromatic rings. The summed E-state index contributed by atoms with van der Waals surface area (Å²) in [5.74, 6) is -2.07. The molecule has 3 aliphatic heterocycles. The van der Waals surface area contributed by atoms with Gasteiger partial charge in [0.25, 0.3) is 0 Å². The second-order valence-electron chi connectivity index (χ2n) is 10.6. The summed E-state index contributed by atoms with van der Waals surface area (Å²) in [5, 5.41) is 10.2. The van der Waals surface area contributed by atoms with Crippen LogP contribution in [0.2, 0.25) is 0 Å². The van der Waals surface area contributed by atoms with E-state index in [4.69, 9.17) is 4.74 Å². The number of nitrogens with zero attached hydrogens (tertiary/aromatic N) is 3. The first kappa shape index (κ1) is 27.4. The molecule has 0 saturated carbocycles. The minimum atomic E-state index is -1.09. The van der Waals surface area contributed by atoms with Crippen LogP contribution >= 0.6 is 0 Å².